The second kappa shape index (κ2) is 7.20. The smallest absolute Gasteiger partial charge is 0.207 e. The summed E-state index contributed by atoms with van der Waals surface area (Å²) in [4.78, 5) is 9.78. The van der Waals surface area contributed by atoms with Crippen LogP contribution in [0.3, 0.4) is 0 Å². The van der Waals surface area contributed by atoms with Crippen molar-refractivity contribution in [1.82, 2.24) is 9.96 Å². The van der Waals surface area contributed by atoms with Crippen LogP contribution in [0, 0.1) is 6.92 Å². The predicted octanol–water partition coefficient (Wildman–Crippen LogP) is 3.81. The van der Waals surface area contributed by atoms with Crippen LogP contribution in [0.25, 0.3) is 0 Å². The highest BCUT2D eigenvalue weighted by Gasteiger charge is 2.36. The Morgan fingerprint density at radius 1 is 1.16 bits per heavy atom. The van der Waals surface area contributed by atoms with Gasteiger partial charge in [-0.3, -0.25) is 4.90 Å². The minimum atomic E-state index is 0.158. The Labute approximate surface area is 153 Å². The van der Waals surface area contributed by atoms with Gasteiger partial charge < -0.3 is 10.6 Å². The highest BCUT2D eigenvalue weighted by molar-refractivity contribution is 7.10. The van der Waals surface area contributed by atoms with E-state index in [0.29, 0.717) is 11.9 Å². The summed E-state index contributed by atoms with van der Waals surface area (Å²) in [6.07, 6.45) is 4.26. The highest BCUT2D eigenvalue weighted by Crippen LogP contribution is 2.38. The quantitative estimate of drug-likeness (QED) is 0.905. The van der Waals surface area contributed by atoms with Crippen LogP contribution < -0.4 is 5.73 Å². The molecule has 1 atom stereocenters. The van der Waals surface area contributed by atoms with Gasteiger partial charge in [-0.1, -0.05) is 30.3 Å². The van der Waals surface area contributed by atoms with E-state index in [0.717, 1.165) is 32.5 Å². The van der Waals surface area contributed by atoms with Crippen LogP contribution in [-0.2, 0) is 11.4 Å². The molecule has 2 aromatic rings. The molecule has 4 rings (SSSR count). The standard InChI is InChI=1S/C20H25N3OS/c1-15-9-12-25-20(15)18-13-19(21)24-23(18)17-7-10-22(11-8-17)14-16-5-3-2-4-6-16/h2-6,9,12-13,17-18H,7-8,10-11,14,21H2,1H3. The Kier molecular flexibility index (Phi) is 4.79. The van der Waals surface area contributed by atoms with Gasteiger partial charge in [-0.2, -0.15) is 0 Å². The van der Waals surface area contributed by atoms with Gasteiger partial charge in [0.1, 0.15) is 6.04 Å². The molecule has 0 bridgehead atoms. The number of hydroxylamine groups is 2. The molecule has 0 radical (unpaired) electrons. The second-order valence-electron chi connectivity index (χ2n) is 6.93. The molecule has 0 saturated carbocycles. The van der Waals surface area contributed by atoms with Gasteiger partial charge in [-0.25, -0.2) is 0 Å². The fourth-order valence-electron chi connectivity index (χ4n) is 3.79. The highest BCUT2D eigenvalue weighted by atomic mass is 32.1. The van der Waals surface area contributed by atoms with Crippen LogP contribution >= 0.6 is 11.3 Å². The van der Waals surface area contributed by atoms with E-state index in [-0.39, 0.29) is 6.04 Å². The number of benzene rings is 1. The lowest BCUT2D eigenvalue weighted by atomic mass is 10.0. The molecule has 5 heteroatoms. The minimum Gasteiger partial charge on any atom is -0.387 e. The molecule has 2 aliphatic heterocycles. The van der Waals surface area contributed by atoms with Crippen LogP contribution in [0.1, 0.15) is 34.9 Å². The lowest BCUT2D eigenvalue weighted by Gasteiger charge is -2.37. The maximum Gasteiger partial charge on any atom is 0.207 e. The fraction of sp³-hybridized carbons (Fsp3) is 0.400. The molecule has 132 valence electrons. The number of nitrogens with two attached hydrogens (primary N) is 1. The number of hydrogen-bond donors (Lipinski definition) is 1. The van der Waals surface area contributed by atoms with Crippen molar-refractivity contribution in [3.63, 3.8) is 0 Å². The zero-order valence-corrected chi connectivity index (χ0v) is 15.4. The molecule has 3 heterocycles. The van der Waals surface area contributed by atoms with Crippen molar-refractivity contribution in [1.29, 1.82) is 0 Å². The molecule has 1 saturated heterocycles. The topological polar surface area (TPSA) is 41.7 Å². The maximum atomic E-state index is 6.00. The summed E-state index contributed by atoms with van der Waals surface area (Å²) in [5.41, 5.74) is 8.70. The third-order valence-electron chi connectivity index (χ3n) is 5.14. The van der Waals surface area contributed by atoms with Crippen molar-refractivity contribution in [2.75, 3.05) is 13.1 Å². The summed E-state index contributed by atoms with van der Waals surface area (Å²) in [6.45, 7) is 5.38. The second-order valence-corrected chi connectivity index (χ2v) is 7.87. The first kappa shape index (κ1) is 16.6. The SMILES string of the molecule is Cc1ccsc1C1C=C(N)ON1C1CCN(Cc2ccccc2)CC1. The fourth-order valence-corrected chi connectivity index (χ4v) is 4.78. The Morgan fingerprint density at radius 2 is 1.92 bits per heavy atom. The first-order valence-electron chi connectivity index (χ1n) is 8.94. The van der Waals surface area contributed by atoms with E-state index in [1.54, 1.807) is 11.3 Å². The van der Waals surface area contributed by atoms with Gasteiger partial charge >= 0.3 is 0 Å². The molecule has 1 aromatic heterocycles. The third kappa shape index (κ3) is 3.59. The summed E-state index contributed by atoms with van der Waals surface area (Å²) >= 11 is 1.79. The van der Waals surface area contributed by atoms with Crippen molar-refractivity contribution >= 4 is 11.3 Å². The van der Waals surface area contributed by atoms with Crippen LogP contribution in [0.15, 0.2) is 53.7 Å². The van der Waals surface area contributed by atoms with E-state index in [1.165, 1.54) is 16.0 Å². The average Bonchev–Trinajstić information content (AvgIpc) is 3.22. The summed E-state index contributed by atoms with van der Waals surface area (Å²) in [5, 5.41) is 4.28. The molecule has 25 heavy (non-hydrogen) atoms. The van der Waals surface area contributed by atoms with Crippen molar-refractivity contribution in [3.8, 4) is 0 Å². The molecular weight excluding hydrogens is 330 g/mol. The van der Waals surface area contributed by atoms with Crippen molar-refractivity contribution < 1.29 is 4.84 Å². The van der Waals surface area contributed by atoms with Gasteiger partial charge in [0.25, 0.3) is 0 Å². The Morgan fingerprint density at radius 3 is 2.60 bits per heavy atom. The van der Waals surface area contributed by atoms with Crippen LogP contribution in [0.5, 0.6) is 0 Å². The predicted molar refractivity (Wildman–Crippen MR) is 102 cm³/mol. The summed E-state index contributed by atoms with van der Waals surface area (Å²) < 4.78 is 0. The van der Waals surface area contributed by atoms with Crippen LogP contribution in [0.4, 0.5) is 0 Å². The molecule has 0 aliphatic carbocycles. The molecule has 1 fully saturated rings. The summed E-state index contributed by atoms with van der Waals surface area (Å²) in [6, 6.07) is 13.5. The molecule has 0 spiro atoms. The van der Waals surface area contributed by atoms with Crippen molar-refractivity contribution in [3.05, 3.63) is 69.7 Å². The lowest BCUT2D eigenvalue weighted by molar-refractivity contribution is -0.162. The third-order valence-corrected chi connectivity index (χ3v) is 6.23. The molecular formula is C20H25N3OS. The van der Waals surface area contributed by atoms with Gasteiger partial charge in [-0.15, -0.1) is 16.4 Å². The summed E-state index contributed by atoms with van der Waals surface area (Å²) in [5.74, 6) is 0.532. The van der Waals surface area contributed by atoms with E-state index in [1.807, 2.05) is 0 Å². The number of likely N-dealkylation sites (tertiary alicyclic amines) is 1. The molecule has 1 unspecified atom stereocenters. The Balaban J connectivity index is 1.39. The zero-order valence-electron chi connectivity index (χ0n) is 14.6. The first-order valence-corrected chi connectivity index (χ1v) is 9.82. The molecule has 2 N–H and O–H groups in total. The van der Waals surface area contributed by atoms with Gasteiger partial charge in [-0.05, 0) is 42.3 Å². The maximum absolute atomic E-state index is 6.00. The first-order chi connectivity index (χ1) is 12.2. The molecule has 1 aromatic carbocycles. The van der Waals surface area contributed by atoms with Crippen LogP contribution in [0.2, 0.25) is 0 Å². The van der Waals surface area contributed by atoms with E-state index in [4.69, 9.17) is 10.6 Å². The van der Waals surface area contributed by atoms with Gasteiger partial charge in [0.05, 0.1) is 0 Å². The van der Waals surface area contributed by atoms with Gasteiger partial charge in [0, 0.05) is 36.6 Å². The van der Waals surface area contributed by atoms with E-state index in [9.17, 15) is 0 Å². The minimum absolute atomic E-state index is 0.158. The normalized spacial score (nSPS) is 22.8. The number of nitrogens with zero attached hydrogens (tertiary/aromatic N) is 2. The van der Waals surface area contributed by atoms with E-state index >= 15 is 0 Å². The number of rotatable bonds is 4. The van der Waals surface area contributed by atoms with Crippen LogP contribution in [-0.4, -0.2) is 29.1 Å². The monoisotopic (exact) mass is 355 g/mol. The van der Waals surface area contributed by atoms with E-state index < -0.39 is 0 Å². The van der Waals surface area contributed by atoms with E-state index in [2.05, 4.69) is 64.7 Å². The van der Waals surface area contributed by atoms with Gasteiger partial charge in [0.2, 0.25) is 5.88 Å². The van der Waals surface area contributed by atoms with Gasteiger partial charge in [0.15, 0.2) is 0 Å². The van der Waals surface area contributed by atoms with Crippen molar-refractivity contribution in [2.45, 2.75) is 38.4 Å². The largest absolute Gasteiger partial charge is 0.387 e. The average molecular weight is 356 g/mol. The Bertz CT molecular complexity index is 734. The number of aryl methyl sites for hydroxylation is 1. The number of piperidine rings is 1. The van der Waals surface area contributed by atoms with Crippen molar-refractivity contribution in [2.24, 2.45) is 5.73 Å². The number of hydrogen-bond acceptors (Lipinski definition) is 5. The summed E-state index contributed by atoms with van der Waals surface area (Å²) in [7, 11) is 0. The molecule has 2 aliphatic rings. The molecule has 4 nitrogen and oxygen atoms in total. The number of thiophene rings is 1. The lowest BCUT2D eigenvalue weighted by Crippen LogP contribution is -2.44. The zero-order chi connectivity index (χ0) is 17.2. The molecule has 0 amide bonds. The Hall–Kier alpha value is -1.82.